The standard InChI is InChI=1S/C43H55N3O18S4/c1-31-13-14-32(67(57,58)59)29-34(31)42(2,20-9-27-65(51,52)53)37(44-22-24-47)11-7-5-4-6-8-12-38-43(3,21-10-28-66(54,55)56)35-30-33(68(60,61)62)15-16-36(35)45(38)23-26-63-25-19-41(50)64-46-39(48)17-18-40(46)49/h4-8,11-16,29-30,47H,9-10,17-28H2,1-3H3,(H,51,52,53)(H,54,55,56)(H,57,58,59)(H,60,61,62)/b5-4+,8-6+,11-7+,38-12+,44-37?. The van der Waals surface area contributed by atoms with Crippen LogP contribution in [-0.4, -0.2) is 130 Å². The van der Waals surface area contributed by atoms with Gasteiger partial charge < -0.3 is 19.6 Å². The van der Waals surface area contributed by atoms with Crippen molar-refractivity contribution in [3.8, 4) is 0 Å². The summed E-state index contributed by atoms with van der Waals surface area (Å²) in [5, 5.41) is 10.1. The first-order valence-electron chi connectivity index (χ1n) is 21.0. The van der Waals surface area contributed by atoms with E-state index in [-0.39, 0.29) is 77.9 Å². The van der Waals surface area contributed by atoms with Crippen molar-refractivity contribution in [2.75, 3.05) is 49.3 Å². The maximum atomic E-state index is 12.3. The molecule has 25 heteroatoms. The van der Waals surface area contributed by atoms with Crippen molar-refractivity contribution in [1.29, 1.82) is 0 Å². The molecule has 5 N–H and O–H groups in total. The first-order chi connectivity index (χ1) is 31.6. The normalized spacial score (nSPS) is 19.0. The SMILES string of the molecule is Cc1ccc(S(=O)(=O)O)cc1C(C)(CCCS(=O)(=O)O)C(/C=C/C=C/C=C/C=C1/N(CCOCCC(=O)ON2C(=O)CCC2=O)c2ccc(S(=O)(=O)O)cc2C1(C)CCCS(=O)(=O)O)=NCCO. The summed E-state index contributed by atoms with van der Waals surface area (Å²) >= 11 is 0. The number of benzene rings is 2. The number of allylic oxidation sites excluding steroid dienone is 8. The van der Waals surface area contributed by atoms with E-state index >= 15 is 0 Å². The monoisotopic (exact) mass is 1030 g/mol. The van der Waals surface area contributed by atoms with Crippen LogP contribution >= 0.6 is 0 Å². The Labute approximate surface area is 395 Å². The van der Waals surface area contributed by atoms with Gasteiger partial charge in [0, 0.05) is 47.3 Å². The average Bonchev–Trinajstić information content (AvgIpc) is 3.66. The molecule has 2 atom stereocenters. The number of carbonyl (C=O) groups is 3. The van der Waals surface area contributed by atoms with E-state index in [1.807, 2.05) is 0 Å². The van der Waals surface area contributed by atoms with Crippen LogP contribution in [0, 0.1) is 6.92 Å². The fraction of sp³-hybridized carbons (Fsp3) is 0.442. The van der Waals surface area contributed by atoms with Crippen molar-refractivity contribution in [2.45, 2.75) is 86.3 Å². The van der Waals surface area contributed by atoms with E-state index in [1.165, 1.54) is 36.4 Å². The molecule has 374 valence electrons. The number of aryl methyl sites for hydroxylation is 1. The molecular formula is C43H55N3O18S4. The van der Waals surface area contributed by atoms with Crippen molar-refractivity contribution in [3.05, 3.63) is 101 Å². The van der Waals surface area contributed by atoms with Gasteiger partial charge in [0.05, 0.1) is 54.1 Å². The van der Waals surface area contributed by atoms with E-state index in [1.54, 1.807) is 68.2 Å². The number of imide groups is 1. The molecule has 0 bridgehead atoms. The number of hydrogen-bond acceptors (Lipinski definition) is 16. The highest BCUT2D eigenvalue weighted by molar-refractivity contribution is 7.86. The first kappa shape index (κ1) is 55.6. The lowest BCUT2D eigenvalue weighted by Gasteiger charge is -2.32. The highest BCUT2D eigenvalue weighted by Gasteiger charge is 2.44. The number of nitrogens with zero attached hydrogens (tertiary/aromatic N) is 3. The summed E-state index contributed by atoms with van der Waals surface area (Å²) in [4.78, 5) is 46.3. The highest BCUT2D eigenvalue weighted by atomic mass is 32.2. The van der Waals surface area contributed by atoms with Gasteiger partial charge in [0.15, 0.2) is 0 Å². The van der Waals surface area contributed by atoms with Gasteiger partial charge in [0.2, 0.25) is 0 Å². The summed E-state index contributed by atoms with van der Waals surface area (Å²) in [6, 6.07) is 7.86. The van der Waals surface area contributed by atoms with Crippen LogP contribution in [0.3, 0.4) is 0 Å². The summed E-state index contributed by atoms with van der Waals surface area (Å²) in [6.07, 6.45) is 10.8. The maximum absolute atomic E-state index is 12.3. The van der Waals surface area contributed by atoms with Crippen LogP contribution < -0.4 is 4.90 Å². The van der Waals surface area contributed by atoms with Gasteiger partial charge in [0.1, 0.15) is 0 Å². The van der Waals surface area contributed by atoms with Crippen LogP contribution in [0.2, 0.25) is 0 Å². The molecule has 68 heavy (non-hydrogen) atoms. The van der Waals surface area contributed by atoms with E-state index in [2.05, 4.69) is 4.99 Å². The number of hydroxylamine groups is 2. The molecule has 4 rings (SSSR count). The Kier molecular flexibility index (Phi) is 18.9. The summed E-state index contributed by atoms with van der Waals surface area (Å²) in [6.45, 7) is 4.53. The van der Waals surface area contributed by atoms with Gasteiger partial charge in [0.25, 0.3) is 52.3 Å². The van der Waals surface area contributed by atoms with Gasteiger partial charge in [-0.15, -0.1) is 5.06 Å². The minimum Gasteiger partial charge on any atom is -0.394 e. The second-order valence-corrected chi connectivity index (χ2v) is 22.3. The number of carbonyl (C=O) groups excluding carboxylic acids is 3. The maximum Gasteiger partial charge on any atom is 0.335 e. The molecule has 21 nitrogen and oxygen atoms in total. The Hall–Kier alpha value is -4.96. The Morgan fingerprint density at radius 3 is 2.03 bits per heavy atom. The van der Waals surface area contributed by atoms with Gasteiger partial charge in [-0.3, -0.25) is 32.8 Å². The third-order valence-electron chi connectivity index (χ3n) is 11.3. The predicted molar refractivity (Wildman–Crippen MR) is 248 cm³/mol. The lowest BCUT2D eigenvalue weighted by molar-refractivity contribution is -0.198. The molecule has 0 saturated carbocycles. The number of aliphatic imine (C=N–C) groups is 1. The van der Waals surface area contributed by atoms with Crippen molar-refractivity contribution >= 4 is 69.7 Å². The number of anilines is 1. The summed E-state index contributed by atoms with van der Waals surface area (Å²) in [5.74, 6) is -3.39. The number of hydrogen-bond donors (Lipinski definition) is 5. The van der Waals surface area contributed by atoms with Crippen molar-refractivity contribution < 1.29 is 80.9 Å². The van der Waals surface area contributed by atoms with E-state index in [4.69, 9.17) is 9.57 Å². The lowest BCUT2D eigenvalue weighted by Crippen LogP contribution is -2.34. The largest absolute Gasteiger partial charge is 0.394 e. The molecule has 2 amide bonds. The molecule has 2 aromatic carbocycles. The zero-order chi connectivity index (χ0) is 50.7. The quantitative estimate of drug-likeness (QED) is 0.0310. The molecular weight excluding hydrogens is 975 g/mol. The van der Waals surface area contributed by atoms with E-state index in [0.29, 0.717) is 38.8 Å². The van der Waals surface area contributed by atoms with Gasteiger partial charge >= 0.3 is 5.97 Å². The number of rotatable bonds is 25. The number of amides is 2. The molecule has 2 aromatic rings. The Balaban J connectivity index is 1.67. The van der Waals surface area contributed by atoms with Crippen LogP contribution in [0.1, 0.15) is 75.5 Å². The Bertz CT molecular complexity index is 2820. The molecule has 0 aliphatic carbocycles. The highest BCUT2D eigenvalue weighted by Crippen LogP contribution is 2.51. The van der Waals surface area contributed by atoms with E-state index in [0.717, 1.165) is 0 Å². The molecule has 1 fully saturated rings. The fourth-order valence-electron chi connectivity index (χ4n) is 7.96. The first-order valence-corrected chi connectivity index (χ1v) is 27.1. The van der Waals surface area contributed by atoms with Gasteiger partial charge in [-0.05, 0) is 106 Å². The molecule has 1 saturated heterocycles. The van der Waals surface area contributed by atoms with Crippen LogP contribution in [0.4, 0.5) is 5.69 Å². The van der Waals surface area contributed by atoms with Gasteiger partial charge in [-0.25, -0.2) is 4.79 Å². The summed E-state index contributed by atoms with van der Waals surface area (Å²) in [5.41, 5.74) is 0.308. The van der Waals surface area contributed by atoms with Crippen molar-refractivity contribution in [1.82, 2.24) is 5.06 Å². The number of ether oxygens (including phenoxy) is 1. The predicted octanol–water partition coefficient (Wildman–Crippen LogP) is 3.86. The van der Waals surface area contributed by atoms with Gasteiger partial charge in [-0.2, -0.15) is 33.7 Å². The van der Waals surface area contributed by atoms with Crippen LogP contribution in [0.5, 0.6) is 0 Å². The Morgan fingerprint density at radius 1 is 0.824 bits per heavy atom. The number of aliphatic hydroxyl groups is 1. The minimum atomic E-state index is -4.70. The third kappa shape index (κ3) is 15.3. The van der Waals surface area contributed by atoms with Crippen molar-refractivity contribution in [3.63, 3.8) is 0 Å². The van der Waals surface area contributed by atoms with Crippen LogP contribution in [0.25, 0.3) is 0 Å². The summed E-state index contributed by atoms with van der Waals surface area (Å²) in [7, 11) is -18.1. The second-order valence-electron chi connectivity index (χ2n) is 16.3. The lowest BCUT2D eigenvalue weighted by atomic mass is 9.72. The molecule has 2 aliphatic rings. The second kappa shape index (κ2) is 23.1. The third-order valence-corrected chi connectivity index (χ3v) is 14.6. The molecule has 0 radical (unpaired) electrons. The number of aliphatic hydroxyl groups excluding tert-OH is 1. The van der Waals surface area contributed by atoms with Crippen molar-refractivity contribution in [2.24, 2.45) is 4.99 Å². The molecule has 2 unspecified atom stereocenters. The van der Waals surface area contributed by atoms with E-state index < -0.39 is 90.4 Å². The Morgan fingerprint density at radius 2 is 1.41 bits per heavy atom. The van der Waals surface area contributed by atoms with Crippen LogP contribution in [0.15, 0.2) is 99.4 Å². The fourth-order valence-corrected chi connectivity index (χ4v) is 9.99. The zero-order valence-corrected chi connectivity index (χ0v) is 40.7. The average molecular weight is 1030 g/mol. The molecule has 0 aromatic heterocycles. The minimum absolute atomic E-state index is 0.0304. The summed E-state index contributed by atoms with van der Waals surface area (Å²) < 4.78 is 140. The number of fused-ring (bicyclic) bond motifs is 1. The van der Waals surface area contributed by atoms with Gasteiger partial charge in [-0.1, -0.05) is 36.4 Å². The van der Waals surface area contributed by atoms with Crippen LogP contribution in [-0.2, 0) is 75.3 Å². The van der Waals surface area contributed by atoms with E-state index in [9.17, 15) is 71.4 Å². The molecule has 2 aliphatic heterocycles. The molecule has 2 heterocycles. The molecule has 0 spiro atoms. The topological polar surface area (TPSA) is 326 Å². The zero-order valence-electron chi connectivity index (χ0n) is 37.4. The smallest absolute Gasteiger partial charge is 0.335 e.